The van der Waals surface area contributed by atoms with E-state index in [4.69, 9.17) is 14.2 Å². The maximum Gasteiger partial charge on any atom is 0.336 e. The van der Waals surface area contributed by atoms with Gasteiger partial charge in [-0.15, -0.1) is 0 Å². The van der Waals surface area contributed by atoms with Gasteiger partial charge in [0.15, 0.2) is 11.5 Å². The number of benzene rings is 2. The first-order valence-corrected chi connectivity index (χ1v) is 7.43. The second-order valence-electron chi connectivity index (χ2n) is 5.27. The molecule has 0 radical (unpaired) electrons. The molecule has 27 heavy (non-hydrogen) atoms. The van der Waals surface area contributed by atoms with Gasteiger partial charge in [0.25, 0.3) is 0 Å². The van der Waals surface area contributed by atoms with Crippen LogP contribution in [0.2, 0.25) is 0 Å². The Labute approximate surface area is 153 Å². The summed E-state index contributed by atoms with van der Waals surface area (Å²) >= 11 is 0. The van der Waals surface area contributed by atoms with E-state index in [1.54, 1.807) is 0 Å². The predicted octanol–water partition coefficient (Wildman–Crippen LogP) is 2.47. The molecule has 2 aromatic carbocycles. The average Bonchev–Trinajstić information content (AvgIpc) is 2.65. The maximum absolute atomic E-state index is 11.5. The van der Waals surface area contributed by atoms with Crippen molar-refractivity contribution in [2.45, 2.75) is 0 Å². The topological polar surface area (TPSA) is 140 Å². The smallest absolute Gasteiger partial charge is 0.336 e. The van der Waals surface area contributed by atoms with Crippen molar-refractivity contribution in [1.29, 1.82) is 0 Å². The van der Waals surface area contributed by atoms with Gasteiger partial charge in [-0.3, -0.25) is 0 Å². The van der Waals surface area contributed by atoms with Crippen molar-refractivity contribution in [1.82, 2.24) is 0 Å². The Morgan fingerprint density at radius 1 is 0.667 bits per heavy atom. The molecule has 0 aliphatic carbocycles. The number of carboxylic acid groups (broad SMARTS) is 3. The Balaban J connectivity index is 2.93. The van der Waals surface area contributed by atoms with Crippen LogP contribution in [-0.2, 0) is 0 Å². The van der Waals surface area contributed by atoms with Gasteiger partial charge in [-0.25, -0.2) is 14.4 Å². The summed E-state index contributed by atoms with van der Waals surface area (Å²) in [5.41, 5.74) is -0.781. The Bertz CT molecular complexity index is 931. The fourth-order valence-corrected chi connectivity index (χ4v) is 2.60. The van der Waals surface area contributed by atoms with E-state index in [-0.39, 0.29) is 33.9 Å². The van der Waals surface area contributed by atoms with Gasteiger partial charge in [0.1, 0.15) is 5.75 Å². The molecule has 2 aromatic rings. The van der Waals surface area contributed by atoms with Crippen LogP contribution >= 0.6 is 0 Å². The van der Waals surface area contributed by atoms with E-state index < -0.39 is 29.0 Å². The lowest BCUT2D eigenvalue weighted by atomic mass is 9.95. The molecule has 0 spiro atoms. The molecule has 0 saturated heterocycles. The summed E-state index contributed by atoms with van der Waals surface area (Å²) in [5, 5.41) is 27.9. The van der Waals surface area contributed by atoms with E-state index in [1.165, 1.54) is 33.5 Å². The number of ether oxygens (including phenoxy) is 3. The van der Waals surface area contributed by atoms with Crippen LogP contribution in [0.3, 0.4) is 0 Å². The minimum absolute atomic E-state index is 0.0280. The molecule has 0 aromatic heterocycles. The zero-order chi connectivity index (χ0) is 20.3. The number of rotatable bonds is 7. The molecule has 0 heterocycles. The van der Waals surface area contributed by atoms with Crippen molar-refractivity contribution in [3.8, 4) is 28.4 Å². The molecule has 0 atom stereocenters. The summed E-state index contributed by atoms with van der Waals surface area (Å²) in [6, 6.07) is 4.66. The first-order valence-electron chi connectivity index (χ1n) is 7.43. The first kappa shape index (κ1) is 19.6. The molecule has 9 nitrogen and oxygen atoms in total. The monoisotopic (exact) mass is 376 g/mol. The molecule has 3 N–H and O–H groups in total. The van der Waals surface area contributed by atoms with Crippen LogP contribution in [0.25, 0.3) is 11.1 Å². The lowest BCUT2D eigenvalue weighted by molar-refractivity contribution is 0.0651. The second kappa shape index (κ2) is 7.65. The summed E-state index contributed by atoms with van der Waals surface area (Å²) in [6.07, 6.45) is 0. The highest BCUT2D eigenvalue weighted by Gasteiger charge is 2.24. The van der Waals surface area contributed by atoms with Crippen molar-refractivity contribution < 1.29 is 43.9 Å². The fourth-order valence-electron chi connectivity index (χ4n) is 2.60. The van der Waals surface area contributed by atoms with Gasteiger partial charge < -0.3 is 29.5 Å². The molecule has 0 amide bonds. The minimum atomic E-state index is -1.46. The average molecular weight is 376 g/mol. The highest BCUT2D eigenvalue weighted by Crippen LogP contribution is 2.43. The predicted molar refractivity (Wildman–Crippen MR) is 92.4 cm³/mol. The number of carboxylic acids is 3. The third-order valence-corrected chi connectivity index (χ3v) is 3.82. The van der Waals surface area contributed by atoms with E-state index in [9.17, 15) is 29.7 Å². The van der Waals surface area contributed by atoms with E-state index >= 15 is 0 Å². The SMILES string of the molecule is COc1cc(C(=O)O)c(C(=O)O)cc1-c1cc(C(=O)O)cc(OC)c1OC. The standard InChI is InChI=1S/C18H16O9/c1-25-13-7-12(18(23)24)11(17(21)22)6-9(13)10-4-8(16(19)20)5-14(26-2)15(10)27-3/h4-7H,1-3H3,(H,19,20)(H,21,22)(H,23,24). The van der Waals surface area contributed by atoms with Gasteiger partial charge in [-0.05, 0) is 24.3 Å². The van der Waals surface area contributed by atoms with Crippen LogP contribution in [0, 0.1) is 0 Å². The quantitative estimate of drug-likeness (QED) is 0.664. The summed E-state index contributed by atoms with van der Waals surface area (Å²) in [7, 11) is 3.92. The molecule has 142 valence electrons. The highest BCUT2D eigenvalue weighted by atomic mass is 16.5. The Hall–Kier alpha value is -3.75. The minimum Gasteiger partial charge on any atom is -0.496 e. The summed E-state index contributed by atoms with van der Waals surface area (Å²) < 4.78 is 15.7. The molecule has 0 unspecified atom stereocenters. The molecular weight excluding hydrogens is 360 g/mol. The molecule has 0 fully saturated rings. The lowest BCUT2D eigenvalue weighted by Crippen LogP contribution is -2.09. The zero-order valence-electron chi connectivity index (χ0n) is 14.6. The third-order valence-electron chi connectivity index (χ3n) is 3.82. The van der Waals surface area contributed by atoms with Crippen LogP contribution in [0.4, 0.5) is 0 Å². The highest BCUT2D eigenvalue weighted by molar-refractivity contribution is 6.04. The van der Waals surface area contributed by atoms with Crippen molar-refractivity contribution in [2.75, 3.05) is 21.3 Å². The Kier molecular flexibility index (Phi) is 5.54. The van der Waals surface area contributed by atoms with Gasteiger partial charge >= 0.3 is 17.9 Å². The second-order valence-corrected chi connectivity index (χ2v) is 5.27. The molecule has 0 aliphatic heterocycles. The van der Waals surface area contributed by atoms with Gasteiger partial charge in [-0.2, -0.15) is 0 Å². The van der Waals surface area contributed by atoms with Crippen molar-refractivity contribution in [3.05, 3.63) is 41.0 Å². The number of hydrogen-bond donors (Lipinski definition) is 3. The largest absolute Gasteiger partial charge is 0.496 e. The van der Waals surface area contributed by atoms with Crippen LogP contribution in [0.15, 0.2) is 24.3 Å². The molecule has 0 aliphatic rings. The van der Waals surface area contributed by atoms with Gasteiger partial charge in [0.05, 0.1) is 38.0 Å². The van der Waals surface area contributed by atoms with E-state index in [0.717, 1.165) is 12.1 Å². The van der Waals surface area contributed by atoms with Crippen molar-refractivity contribution in [2.24, 2.45) is 0 Å². The summed E-state index contributed by atoms with van der Waals surface area (Å²) in [5.74, 6) is -3.87. The first-order chi connectivity index (χ1) is 12.7. The maximum atomic E-state index is 11.5. The summed E-state index contributed by atoms with van der Waals surface area (Å²) in [6.45, 7) is 0. The van der Waals surface area contributed by atoms with E-state index in [2.05, 4.69) is 0 Å². The van der Waals surface area contributed by atoms with Crippen LogP contribution in [0.1, 0.15) is 31.1 Å². The molecule has 2 rings (SSSR count). The summed E-state index contributed by atoms with van der Waals surface area (Å²) in [4.78, 5) is 34.3. The Morgan fingerprint density at radius 3 is 1.67 bits per heavy atom. The molecule has 0 bridgehead atoms. The molecular formula is C18H16O9. The third kappa shape index (κ3) is 3.61. The number of hydrogen-bond acceptors (Lipinski definition) is 6. The Morgan fingerprint density at radius 2 is 1.22 bits per heavy atom. The van der Waals surface area contributed by atoms with Crippen molar-refractivity contribution in [3.63, 3.8) is 0 Å². The number of aromatic carboxylic acids is 3. The van der Waals surface area contributed by atoms with Gasteiger partial charge in [-0.1, -0.05) is 0 Å². The van der Waals surface area contributed by atoms with Crippen molar-refractivity contribution >= 4 is 17.9 Å². The molecule has 9 heteroatoms. The van der Waals surface area contributed by atoms with Crippen LogP contribution < -0.4 is 14.2 Å². The normalized spacial score (nSPS) is 10.2. The fraction of sp³-hybridized carbons (Fsp3) is 0.167. The lowest BCUT2D eigenvalue weighted by Gasteiger charge is -2.17. The van der Waals surface area contributed by atoms with E-state index in [1.807, 2.05) is 0 Å². The number of methoxy groups -OCH3 is 3. The van der Waals surface area contributed by atoms with Gasteiger partial charge in [0, 0.05) is 11.1 Å². The van der Waals surface area contributed by atoms with Crippen LogP contribution in [0.5, 0.6) is 17.2 Å². The molecule has 0 saturated carbocycles. The van der Waals surface area contributed by atoms with E-state index in [0.29, 0.717) is 0 Å². The van der Waals surface area contributed by atoms with Crippen LogP contribution in [-0.4, -0.2) is 54.6 Å². The number of carbonyl (C=O) groups is 3. The van der Waals surface area contributed by atoms with Gasteiger partial charge in [0.2, 0.25) is 0 Å². The zero-order valence-corrected chi connectivity index (χ0v) is 14.6.